The third-order valence-corrected chi connectivity index (χ3v) is 1.68. The van der Waals surface area contributed by atoms with Crippen molar-refractivity contribution in [2.75, 3.05) is 13.1 Å². The Kier molecular flexibility index (Phi) is 1.92. The molecule has 1 N–H and O–H groups in total. The Bertz CT molecular complexity index is 219. The largest absolute Gasteiger partial charge is 0.310 e. The maximum absolute atomic E-state index is 12.7. The number of terminal acetylenes is 1. The van der Waals surface area contributed by atoms with Crippen molar-refractivity contribution in [2.45, 2.75) is 5.92 Å². The predicted octanol–water partition coefficient (Wildman–Crippen LogP) is 0.0434. The molecule has 0 aromatic heterocycles. The van der Waals surface area contributed by atoms with Crippen LogP contribution in [0.25, 0.3) is 0 Å². The summed E-state index contributed by atoms with van der Waals surface area (Å²) in [6.45, 7) is -0.471. The average molecular weight is 159 g/mol. The van der Waals surface area contributed by atoms with Crippen LogP contribution in [0.5, 0.6) is 0 Å². The lowest BCUT2D eigenvalue weighted by Gasteiger charge is -2.12. The lowest BCUT2D eigenvalue weighted by Crippen LogP contribution is -2.32. The second-order valence-electron chi connectivity index (χ2n) is 2.45. The van der Waals surface area contributed by atoms with Crippen molar-refractivity contribution in [3.63, 3.8) is 0 Å². The van der Waals surface area contributed by atoms with E-state index in [1.54, 1.807) is 5.92 Å². The fourth-order valence-corrected chi connectivity index (χ4v) is 1.04. The van der Waals surface area contributed by atoms with Gasteiger partial charge in [-0.2, -0.15) is 0 Å². The highest BCUT2D eigenvalue weighted by Gasteiger charge is 2.47. The summed E-state index contributed by atoms with van der Waals surface area (Å²) in [7, 11) is 0. The van der Waals surface area contributed by atoms with Gasteiger partial charge >= 0.3 is 0 Å². The molecule has 0 aromatic rings. The molecule has 1 fully saturated rings. The molecule has 0 amide bonds. The number of carbonyl (C=O) groups is 1. The van der Waals surface area contributed by atoms with E-state index in [1.165, 1.54) is 0 Å². The third kappa shape index (κ3) is 1.38. The van der Waals surface area contributed by atoms with E-state index in [0.29, 0.717) is 0 Å². The molecule has 1 unspecified atom stereocenters. The third-order valence-electron chi connectivity index (χ3n) is 1.68. The number of halogens is 2. The quantitative estimate of drug-likeness (QED) is 0.432. The smallest absolute Gasteiger partial charge is 0.272 e. The maximum Gasteiger partial charge on any atom is 0.272 e. The van der Waals surface area contributed by atoms with Gasteiger partial charge in [0.15, 0.2) is 0 Å². The van der Waals surface area contributed by atoms with Gasteiger partial charge in [-0.05, 0) is 5.92 Å². The molecule has 0 aliphatic carbocycles. The SMILES string of the molecule is C#CC(=O)C1CNCC1(F)F. The van der Waals surface area contributed by atoms with Gasteiger partial charge < -0.3 is 5.32 Å². The minimum atomic E-state index is -2.97. The summed E-state index contributed by atoms with van der Waals surface area (Å²) in [6, 6.07) is 0. The molecule has 0 aromatic carbocycles. The summed E-state index contributed by atoms with van der Waals surface area (Å²) in [4.78, 5) is 10.7. The van der Waals surface area contributed by atoms with Crippen LogP contribution in [0.1, 0.15) is 0 Å². The summed E-state index contributed by atoms with van der Waals surface area (Å²) in [5, 5.41) is 2.41. The zero-order chi connectivity index (χ0) is 8.48. The van der Waals surface area contributed by atoms with Gasteiger partial charge in [0.05, 0.1) is 6.54 Å². The van der Waals surface area contributed by atoms with Crippen molar-refractivity contribution in [3.05, 3.63) is 0 Å². The Morgan fingerprint density at radius 1 is 1.73 bits per heavy atom. The van der Waals surface area contributed by atoms with Crippen molar-refractivity contribution >= 4 is 5.78 Å². The van der Waals surface area contributed by atoms with Crippen LogP contribution in [0.2, 0.25) is 0 Å². The molecular formula is C7H7F2NO. The summed E-state index contributed by atoms with van der Waals surface area (Å²) < 4.78 is 25.3. The molecule has 1 heterocycles. The second-order valence-corrected chi connectivity index (χ2v) is 2.45. The normalized spacial score (nSPS) is 27.9. The minimum Gasteiger partial charge on any atom is -0.310 e. The maximum atomic E-state index is 12.7. The number of hydrogen-bond acceptors (Lipinski definition) is 2. The first-order valence-corrected chi connectivity index (χ1v) is 3.17. The lowest BCUT2D eigenvalue weighted by atomic mass is 10.0. The van der Waals surface area contributed by atoms with Gasteiger partial charge in [0, 0.05) is 6.54 Å². The number of hydrogen-bond donors (Lipinski definition) is 1. The van der Waals surface area contributed by atoms with Crippen molar-refractivity contribution < 1.29 is 13.6 Å². The Morgan fingerprint density at radius 2 is 2.36 bits per heavy atom. The van der Waals surface area contributed by atoms with Crippen molar-refractivity contribution in [3.8, 4) is 12.3 Å². The molecule has 1 aliphatic heterocycles. The van der Waals surface area contributed by atoms with Gasteiger partial charge in [-0.1, -0.05) is 0 Å². The highest BCUT2D eigenvalue weighted by molar-refractivity contribution is 5.97. The fraction of sp³-hybridized carbons (Fsp3) is 0.571. The lowest BCUT2D eigenvalue weighted by molar-refractivity contribution is -0.126. The molecule has 1 aliphatic rings. The van der Waals surface area contributed by atoms with Gasteiger partial charge in [0.1, 0.15) is 5.92 Å². The van der Waals surface area contributed by atoms with Crippen molar-refractivity contribution in [1.82, 2.24) is 5.32 Å². The van der Waals surface area contributed by atoms with Crippen LogP contribution in [0, 0.1) is 18.3 Å². The molecule has 60 valence electrons. The molecule has 0 bridgehead atoms. The van der Waals surface area contributed by atoms with E-state index >= 15 is 0 Å². The van der Waals surface area contributed by atoms with Crippen LogP contribution in [-0.4, -0.2) is 24.8 Å². The predicted molar refractivity (Wildman–Crippen MR) is 35.1 cm³/mol. The summed E-state index contributed by atoms with van der Waals surface area (Å²) in [5.41, 5.74) is 0. The fourth-order valence-electron chi connectivity index (χ4n) is 1.04. The zero-order valence-corrected chi connectivity index (χ0v) is 5.73. The summed E-state index contributed by atoms with van der Waals surface area (Å²) in [5.74, 6) is -3.41. The van der Waals surface area contributed by atoms with Crippen LogP contribution in [0.15, 0.2) is 0 Å². The van der Waals surface area contributed by atoms with Gasteiger partial charge in [-0.15, -0.1) is 6.42 Å². The highest BCUT2D eigenvalue weighted by atomic mass is 19.3. The zero-order valence-electron chi connectivity index (χ0n) is 5.73. The number of rotatable bonds is 1. The van der Waals surface area contributed by atoms with E-state index < -0.39 is 24.2 Å². The van der Waals surface area contributed by atoms with Crippen molar-refractivity contribution in [1.29, 1.82) is 0 Å². The number of Topliss-reactive ketones (excluding diaryl/α,β-unsaturated/α-hetero) is 1. The van der Waals surface area contributed by atoms with Gasteiger partial charge in [0.2, 0.25) is 5.78 Å². The summed E-state index contributed by atoms with van der Waals surface area (Å²) >= 11 is 0. The number of ketones is 1. The Hall–Kier alpha value is -0.950. The highest BCUT2D eigenvalue weighted by Crippen LogP contribution is 2.28. The van der Waals surface area contributed by atoms with Crippen LogP contribution in [0.3, 0.4) is 0 Å². The first-order chi connectivity index (χ1) is 5.08. The minimum absolute atomic E-state index is 0.0178. The molecule has 11 heavy (non-hydrogen) atoms. The average Bonchev–Trinajstić information content (AvgIpc) is 2.28. The van der Waals surface area contributed by atoms with E-state index in [-0.39, 0.29) is 6.54 Å². The number of alkyl halides is 2. The van der Waals surface area contributed by atoms with Crippen molar-refractivity contribution in [2.24, 2.45) is 5.92 Å². The Balaban J connectivity index is 2.74. The van der Waals surface area contributed by atoms with E-state index in [0.717, 1.165) is 0 Å². The number of carbonyl (C=O) groups excluding carboxylic acids is 1. The van der Waals surface area contributed by atoms with E-state index in [1.807, 2.05) is 0 Å². The first-order valence-electron chi connectivity index (χ1n) is 3.17. The molecule has 0 spiro atoms. The van der Waals surface area contributed by atoms with Gasteiger partial charge in [0.25, 0.3) is 5.92 Å². The van der Waals surface area contributed by atoms with Gasteiger partial charge in [-0.3, -0.25) is 4.79 Å². The molecule has 1 saturated heterocycles. The molecular weight excluding hydrogens is 152 g/mol. The monoisotopic (exact) mass is 159 g/mol. The Labute approximate surface area is 63.0 Å². The molecule has 4 heteroatoms. The summed E-state index contributed by atoms with van der Waals surface area (Å²) in [6.07, 6.45) is 4.71. The van der Waals surface area contributed by atoms with Crippen LogP contribution >= 0.6 is 0 Å². The first kappa shape index (κ1) is 8.15. The Morgan fingerprint density at radius 3 is 2.73 bits per heavy atom. The van der Waals surface area contributed by atoms with Crippen LogP contribution in [0.4, 0.5) is 8.78 Å². The second kappa shape index (κ2) is 2.59. The number of nitrogens with one attached hydrogen (secondary N) is 1. The molecule has 1 rings (SSSR count). The van der Waals surface area contributed by atoms with Crippen LogP contribution in [-0.2, 0) is 4.79 Å². The molecule has 1 atom stereocenters. The molecule has 0 saturated carbocycles. The molecule has 0 radical (unpaired) electrons. The standard InChI is InChI=1S/C7H7F2NO/c1-2-6(11)5-3-10-4-7(5,8)9/h1,5,10H,3-4H2. The van der Waals surface area contributed by atoms with E-state index in [2.05, 4.69) is 5.32 Å². The van der Waals surface area contributed by atoms with E-state index in [4.69, 9.17) is 6.42 Å². The van der Waals surface area contributed by atoms with E-state index in [9.17, 15) is 13.6 Å². The van der Waals surface area contributed by atoms with Crippen LogP contribution < -0.4 is 5.32 Å². The van der Waals surface area contributed by atoms with Gasteiger partial charge in [-0.25, -0.2) is 8.78 Å². The topological polar surface area (TPSA) is 29.1 Å². The molecule has 2 nitrogen and oxygen atoms in total.